The number of rotatable bonds is 4. The van der Waals surface area contributed by atoms with Crippen LogP contribution in [-0.4, -0.2) is 52.7 Å². The lowest BCUT2D eigenvalue weighted by atomic mass is 10.2. The third kappa shape index (κ3) is 3.78. The lowest BCUT2D eigenvalue weighted by Gasteiger charge is -2.30. The molecule has 1 saturated heterocycles. The molecule has 8 heteroatoms. The van der Waals surface area contributed by atoms with E-state index in [1.807, 2.05) is 7.05 Å². The van der Waals surface area contributed by atoms with Gasteiger partial charge in [0, 0.05) is 31.1 Å². The minimum Gasteiger partial charge on any atom is -0.423 e. The van der Waals surface area contributed by atoms with Gasteiger partial charge >= 0.3 is 5.63 Å². The molecular formula is C15H18N2O5S. The van der Waals surface area contributed by atoms with Gasteiger partial charge in [-0.2, -0.15) is 0 Å². The highest BCUT2D eigenvalue weighted by Crippen LogP contribution is 2.17. The predicted molar refractivity (Wildman–Crippen MR) is 84.9 cm³/mol. The van der Waals surface area contributed by atoms with E-state index in [0.717, 1.165) is 6.54 Å². The zero-order chi connectivity index (χ0) is 16.4. The number of morpholine rings is 1. The summed E-state index contributed by atoms with van der Waals surface area (Å²) in [5.41, 5.74) is -0.113. The quantitative estimate of drug-likeness (QED) is 0.812. The second-order valence-electron chi connectivity index (χ2n) is 5.56. The lowest BCUT2D eigenvalue weighted by Crippen LogP contribution is -2.45. The van der Waals surface area contributed by atoms with Crippen LogP contribution in [0.3, 0.4) is 0 Å². The van der Waals surface area contributed by atoms with E-state index < -0.39 is 15.6 Å². The average molecular weight is 338 g/mol. The maximum Gasteiger partial charge on any atom is 0.336 e. The summed E-state index contributed by atoms with van der Waals surface area (Å²) in [4.78, 5) is 13.4. The van der Waals surface area contributed by atoms with Crippen molar-refractivity contribution in [2.24, 2.45) is 0 Å². The van der Waals surface area contributed by atoms with Crippen LogP contribution in [0.5, 0.6) is 0 Å². The van der Waals surface area contributed by atoms with E-state index >= 15 is 0 Å². The molecule has 0 saturated carbocycles. The fourth-order valence-corrected chi connectivity index (χ4v) is 3.59. The molecule has 0 radical (unpaired) electrons. The van der Waals surface area contributed by atoms with Crippen LogP contribution in [0.25, 0.3) is 11.0 Å². The van der Waals surface area contributed by atoms with Crippen LogP contribution in [0.4, 0.5) is 0 Å². The van der Waals surface area contributed by atoms with E-state index in [9.17, 15) is 13.2 Å². The summed E-state index contributed by atoms with van der Waals surface area (Å²) in [6, 6.07) is 7.18. The van der Waals surface area contributed by atoms with Gasteiger partial charge in [-0.3, -0.25) is 0 Å². The average Bonchev–Trinajstić information content (AvgIpc) is 2.52. The third-order valence-corrected chi connectivity index (χ3v) is 5.17. The van der Waals surface area contributed by atoms with Crippen molar-refractivity contribution in [2.45, 2.75) is 11.0 Å². The van der Waals surface area contributed by atoms with Crippen LogP contribution >= 0.6 is 0 Å². The number of nitrogens with one attached hydrogen (secondary N) is 1. The zero-order valence-electron chi connectivity index (χ0n) is 12.7. The van der Waals surface area contributed by atoms with Gasteiger partial charge in [0.15, 0.2) is 0 Å². The van der Waals surface area contributed by atoms with Crippen molar-refractivity contribution in [3.63, 3.8) is 0 Å². The Bertz CT molecular complexity index is 862. The number of nitrogens with zero attached hydrogens (tertiary/aromatic N) is 1. The van der Waals surface area contributed by atoms with Gasteiger partial charge in [-0.15, -0.1) is 0 Å². The first kappa shape index (κ1) is 16.1. The fourth-order valence-electron chi connectivity index (χ4n) is 2.49. The minimum absolute atomic E-state index is 0.128. The molecule has 1 aliphatic heterocycles. The number of benzene rings is 1. The normalized spacial score (nSPS) is 20.0. The number of hydrogen-bond donors (Lipinski definition) is 1. The number of likely N-dealkylation sites (N-methyl/N-ethyl adjacent to an activating group) is 1. The second kappa shape index (κ2) is 6.40. The highest BCUT2D eigenvalue weighted by Gasteiger charge is 2.21. The molecule has 1 fully saturated rings. The summed E-state index contributed by atoms with van der Waals surface area (Å²) in [5.74, 6) is 0. The molecule has 124 valence electrons. The Labute approximate surface area is 133 Å². The SMILES string of the molecule is CN1CCOC(CNS(=O)(=O)c2ccc3oc(=O)ccc3c2)C1. The largest absolute Gasteiger partial charge is 0.423 e. The number of hydrogen-bond acceptors (Lipinski definition) is 6. The lowest BCUT2D eigenvalue weighted by molar-refractivity contribution is -0.0156. The van der Waals surface area contributed by atoms with Crippen molar-refractivity contribution in [1.82, 2.24) is 9.62 Å². The number of ether oxygens (including phenoxy) is 1. The standard InChI is InChI=1S/C15H18N2O5S/c1-17-6-7-21-12(10-17)9-16-23(19,20)13-3-4-14-11(8-13)2-5-15(18)22-14/h2-5,8,12,16H,6-7,9-10H2,1H3. The maximum atomic E-state index is 12.4. The molecule has 1 aliphatic rings. The van der Waals surface area contributed by atoms with Crippen molar-refractivity contribution < 1.29 is 17.6 Å². The molecule has 0 bridgehead atoms. The molecule has 0 amide bonds. The second-order valence-corrected chi connectivity index (χ2v) is 7.33. The highest BCUT2D eigenvalue weighted by molar-refractivity contribution is 7.89. The van der Waals surface area contributed by atoms with Gasteiger partial charge in [0.05, 0.1) is 17.6 Å². The van der Waals surface area contributed by atoms with Gasteiger partial charge in [-0.1, -0.05) is 0 Å². The molecule has 1 N–H and O–H groups in total. The van der Waals surface area contributed by atoms with Gasteiger partial charge in [0.25, 0.3) is 0 Å². The van der Waals surface area contributed by atoms with Crippen molar-refractivity contribution in [1.29, 1.82) is 0 Å². The van der Waals surface area contributed by atoms with Crippen LogP contribution in [0.15, 0.2) is 44.4 Å². The number of sulfonamides is 1. The van der Waals surface area contributed by atoms with E-state index in [-0.39, 0.29) is 17.5 Å². The van der Waals surface area contributed by atoms with Gasteiger partial charge < -0.3 is 14.1 Å². The first-order valence-corrected chi connectivity index (χ1v) is 8.76. The van der Waals surface area contributed by atoms with Gasteiger partial charge in [0.2, 0.25) is 10.0 Å². The van der Waals surface area contributed by atoms with E-state index in [4.69, 9.17) is 9.15 Å². The van der Waals surface area contributed by atoms with Gasteiger partial charge in [-0.05, 0) is 31.3 Å². The Morgan fingerprint density at radius 2 is 2.13 bits per heavy atom. The molecule has 1 aromatic carbocycles. The van der Waals surface area contributed by atoms with Gasteiger partial charge in [-0.25, -0.2) is 17.9 Å². The third-order valence-electron chi connectivity index (χ3n) is 3.74. The summed E-state index contributed by atoms with van der Waals surface area (Å²) in [5, 5.41) is 0.557. The summed E-state index contributed by atoms with van der Waals surface area (Å²) >= 11 is 0. The number of fused-ring (bicyclic) bond motifs is 1. The van der Waals surface area contributed by atoms with Crippen LogP contribution in [0, 0.1) is 0 Å². The molecule has 2 heterocycles. The first-order chi connectivity index (χ1) is 10.9. The fraction of sp³-hybridized carbons (Fsp3) is 0.400. The molecule has 1 unspecified atom stereocenters. The predicted octanol–water partition coefficient (Wildman–Crippen LogP) is 0.402. The minimum atomic E-state index is -3.65. The molecule has 3 rings (SSSR count). The van der Waals surface area contributed by atoms with E-state index in [1.54, 1.807) is 6.07 Å². The Morgan fingerprint density at radius 3 is 2.91 bits per heavy atom. The Kier molecular flexibility index (Phi) is 4.49. The Hall–Kier alpha value is -1.74. The smallest absolute Gasteiger partial charge is 0.336 e. The molecular weight excluding hydrogens is 320 g/mol. The zero-order valence-corrected chi connectivity index (χ0v) is 13.5. The van der Waals surface area contributed by atoms with Crippen molar-refractivity contribution >= 4 is 21.0 Å². The molecule has 0 spiro atoms. The van der Waals surface area contributed by atoms with E-state index in [0.29, 0.717) is 24.1 Å². The Morgan fingerprint density at radius 1 is 1.30 bits per heavy atom. The molecule has 0 aliphatic carbocycles. The van der Waals surface area contributed by atoms with Crippen molar-refractivity contribution in [2.75, 3.05) is 33.3 Å². The Balaban J connectivity index is 1.76. The molecule has 2 aromatic rings. The van der Waals surface area contributed by atoms with Crippen LogP contribution in [-0.2, 0) is 14.8 Å². The highest BCUT2D eigenvalue weighted by atomic mass is 32.2. The van der Waals surface area contributed by atoms with Crippen molar-refractivity contribution in [3.8, 4) is 0 Å². The van der Waals surface area contributed by atoms with E-state index in [2.05, 4.69) is 9.62 Å². The summed E-state index contributed by atoms with van der Waals surface area (Å²) in [7, 11) is -1.67. The summed E-state index contributed by atoms with van der Waals surface area (Å²) in [6.45, 7) is 2.34. The van der Waals surface area contributed by atoms with Crippen molar-refractivity contribution in [3.05, 3.63) is 40.8 Å². The topological polar surface area (TPSA) is 88.8 Å². The molecule has 1 aromatic heterocycles. The van der Waals surface area contributed by atoms with E-state index in [1.165, 1.54) is 24.3 Å². The van der Waals surface area contributed by atoms with Crippen LogP contribution in [0.2, 0.25) is 0 Å². The van der Waals surface area contributed by atoms with Crippen LogP contribution < -0.4 is 10.3 Å². The van der Waals surface area contributed by atoms with Crippen LogP contribution in [0.1, 0.15) is 0 Å². The molecule has 1 atom stereocenters. The summed E-state index contributed by atoms with van der Waals surface area (Å²) < 4.78 is 37.9. The van der Waals surface area contributed by atoms with Gasteiger partial charge in [0.1, 0.15) is 5.58 Å². The summed E-state index contributed by atoms with van der Waals surface area (Å²) in [6.07, 6.45) is -0.165. The maximum absolute atomic E-state index is 12.4. The first-order valence-electron chi connectivity index (χ1n) is 7.28. The monoisotopic (exact) mass is 338 g/mol. The molecule has 23 heavy (non-hydrogen) atoms. The molecule has 7 nitrogen and oxygen atoms in total.